The van der Waals surface area contributed by atoms with Gasteiger partial charge in [0.1, 0.15) is 5.76 Å². The minimum Gasteiger partial charge on any atom is -0.468 e. The van der Waals surface area contributed by atoms with Crippen LogP contribution < -0.4 is 5.73 Å². The number of nitrogens with zero attached hydrogens (tertiary/aromatic N) is 1. The van der Waals surface area contributed by atoms with E-state index in [2.05, 4.69) is 11.8 Å². The first-order valence-electron chi connectivity index (χ1n) is 5.44. The molecule has 2 N–H and O–H groups in total. The molecule has 1 aromatic heterocycles. The zero-order chi connectivity index (χ0) is 10.7. The van der Waals surface area contributed by atoms with Gasteiger partial charge in [-0.2, -0.15) is 0 Å². The fourth-order valence-electron chi connectivity index (χ4n) is 1.90. The van der Waals surface area contributed by atoms with Crippen molar-refractivity contribution in [2.75, 3.05) is 26.2 Å². The highest BCUT2D eigenvalue weighted by atomic mass is 16.5. The lowest BCUT2D eigenvalue weighted by atomic mass is 10.1. The third kappa shape index (κ3) is 2.40. The highest BCUT2D eigenvalue weighted by Gasteiger charge is 2.27. The number of likely N-dealkylation sites (N-methyl/N-ethyl adjacent to an activating group) is 1. The highest BCUT2D eigenvalue weighted by Crippen LogP contribution is 2.20. The molecular weight excluding hydrogens is 192 g/mol. The summed E-state index contributed by atoms with van der Waals surface area (Å²) in [6, 6.07) is 3.60. The largest absolute Gasteiger partial charge is 0.468 e. The van der Waals surface area contributed by atoms with Gasteiger partial charge in [-0.15, -0.1) is 0 Å². The van der Waals surface area contributed by atoms with E-state index in [1.165, 1.54) is 0 Å². The standard InChI is InChI=1S/C11H18N2O2/c1-2-13-5-7-15-10(8-13)11(12)9-4-3-6-14-9/h3-4,6,10-11H,2,5,7-8,12H2,1H3. The maximum atomic E-state index is 6.09. The number of hydrogen-bond acceptors (Lipinski definition) is 4. The van der Waals surface area contributed by atoms with Crippen molar-refractivity contribution in [2.45, 2.75) is 19.1 Å². The summed E-state index contributed by atoms with van der Waals surface area (Å²) in [7, 11) is 0. The lowest BCUT2D eigenvalue weighted by molar-refractivity contribution is -0.0421. The summed E-state index contributed by atoms with van der Waals surface area (Å²) in [6.07, 6.45) is 1.69. The van der Waals surface area contributed by atoms with E-state index in [4.69, 9.17) is 14.9 Å². The van der Waals surface area contributed by atoms with Crippen LogP contribution in [-0.2, 0) is 4.74 Å². The summed E-state index contributed by atoms with van der Waals surface area (Å²) in [6.45, 7) is 5.84. The molecule has 0 radical (unpaired) electrons. The lowest BCUT2D eigenvalue weighted by Gasteiger charge is -2.34. The fourth-order valence-corrected chi connectivity index (χ4v) is 1.90. The Morgan fingerprint density at radius 3 is 3.20 bits per heavy atom. The van der Waals surface area contributed by atoms with E-state index in [-0.39, 0.29) is 12.1 Å². The number of hydrogen-bond donors (Lipinski definition) is 1. The highest BCUT2D eigenvalue weighted by molar-refractivity contribution is 5.06. The number of furan rings is 1. The van der Waals surface area contributed by atoms with E-state index < -0.39 is 0 Å². The molecule has 2 unspecified atom stereocenters. The second kappa shape index (κ2) is 4.79. The van der Waals surface area contributed by atoms with Gasteiger partial charge in [-0.05, 0) is 18.7 Å². The Labute approximate surface area is 90.0 Å². The summed E-state index contributed by atoms with van der Waals surface area (Å²) >= 11 is 0. The lowest BCUT2D eigenvalue weighted by Crippen LogP contribution is -2.46. The van der Waals surface area contributed by atoms with Crippen LogP contribution in [0.3, 0.4) is 0 Å². The van der Waals surface area contributed by atoms with Crippen molar-refractivity contribution in [3.8, 4) is 0 Å². The Morgan fingerprint density at radius 2 is 2.53 bits per heavy atom. The van der Waals surface area contributed by atoms with Crippen molar-refractivity contribution in [3.63, 3.8) is 0 Å². The van der Waals surface area contributed by atoms with Crippen molar-refractivity contribution >= 4 is 0 Å². The molecule has 1 aromatic rings. The molecule has 0 amide bonds. The van der Waals surface area contributed by atoms with Crippen LogP contribution in [0.2, 0.25) is 0 Å². The van der Waals surface area contributed by atoms with Crippen LogP contribution in [0.5, 0.6) is 0 Å². The normalized spacial score (nSPS) is 25.3. The van der Waals surface area contributed by atoms with Gasteiger partial charge in [0.05, 0.1) is 25.0 Å². The van der Waals surface area contributed by atoms with E-state index in [1.54, 1.807) is 6.26 Å². The molecular formula is C11H18N2O2. The number of morpholine rings is 1. The van der Waals surface area contributed by atoms with Gasteiger partial charge < -0.3 is 14.9 Å². The van der Waals surface area contributed by atoms with Gasteiger partial charge in [-0.1, -0.05) is 6.92 Å². The molecule has 15 heavy (non-hydrogen) atoms. The second-order valence-electron chi connectivity index (χ2n) is 3.84. The van der Waals surface area contributed by atoms with E-state index in [0.29, 0.717) is 0 Å². The van der Waals surface area contributed by atoms with Crippen molar-refractivity contribution < 1.29 is 9.15 Å². The van der Waals surface area contributed by atoms with Crippen LogP contribution in [-0.4, -0.2) is 37.2 Å². The first-order chi connectivity index (χ1) is 7.31. The summed E-state index contributed by atoms with van der Waals surface area (Å²) < 4.78 is 11.0. The Balaban J connectivity index is 1.98. The van der Waals surface area contributed by atoms with Gasteiger partial charge >= 0.3 is 0 Å². The Morgan fingerprint density at radius 1 is 1.67 bits per heavy atom. The van der Waals surface area contributed by atoms with Crippen LogP contribution in [0.15, 0.2) is 22.8 Å². The summed E-state index contributed by atoms with van der Waals surface area (Å²) in [5, 5.41) is 0. The van der Waals surface area contributed by atoms with Crippen LogP contribution >= 0.6 is 0 Å². The van der Waals surface area contributed by atoms with E-state index >= 15 is 0 Å². The first-order valence-corrected chi connectivity index (χ1v) is 5.44. The maximum absolute atomic E-state index is 6.09. The molecule has 1 aliphatic rings. The second-order valence-corrected chi connectivity index (χ2v) is 3.84. The van der Waals surface area contributed by atoms with Crippen LogP contribution in [0.1, 0.15) is 18.7 Å². The van der Waals surface area contributed by atoms with Crippen molar-refractivity contribution in [3.05, 3.63) is 24.2 Å². The number of nitrogens with two attached hydrogens (primary N) is 1. The minimum absolute atomic E-state index is 0.0462. The van der Waals surface area contributed by atoms with E-state index in [1.807, 2.05) is 12.1 Å². The molecule has 1 aliphatic heterocycles. The Kier molecular flexibility index (Phi) is 3.41. The topological polar surface area (TPSA) is 51.6 Å². The van der Waals surface area contributed by atoms with Crippen LogP contribution in [0.25, 0.3) is 0 Å². The average Bonchev–Trinajstić information content (AvgIpc) is 2.81. The smallest absolute Gasteiger partial charge is 0.123 e. The third-order valence-corrected chi connectivity index (χ3v) is 2.90. The molecule has 0 aliphatic carbocycles. The molecule has 1 fully saturated rings. The SMILES string of the molecule is CCN1CCOC(C(N)c2ccco2)C1. The molecule has 0 saturated carbocycles. The van der Waals surface area contributed by atoms with Gasteiger partial charge in [0.25, 0.3) is 0 Å². The molecule has 0 spiro atoms. The molecule has 4 heteroatoms. The molecule has 2 atom stereocenters. The molecule has 4 nitrogen and oxygen atoms in total. The Bertz CT molecular complexity index is 287. The molecule has 2 rings (SSSR count). The van der Waals surface area contributed by atoms with Gasteiger partial charge in [0, 0.05) is 13.1 Å². The molecule has 1 saturated heterocycles. The van der Waals surface area contributed by atoms with Crippen LogP contribution in [0.4, 0.5) is 0 Å². The molecule has 0 bridgehead atoms. The maximum Gasteiger partial charge on any atom is 0.123 e. The van der Waals surface area contributed by atoms with E-state index in [0.717, 1.165) is 32.0 Å². The summed E-state index contributed by atoms with van der Waals surface area (Å²) in [5.41, 5.74) is 6.09. The van der Waals surface area contributed by atoms with Gasteiger partial charge in [0.2, 0.25) is 0 Å². The summed E-state index contributed by atoms with van der Waals surface area (Å²) in [4.78, 5) is 2.34. The average molecular weight is 210 g/mol. The number of ether oxygens (including phenoxy) is 1. The van der Waals surface area contributed by atoms with Gasteiger partial charge in [-0.3, -0.25) is 4.90 Å². The predicted octanol–water partition coefficient (Wildman–Crippen LogP) is 1.00. The minimum atomic E-state index is -0.158. The number of rotatable bonds is 3. The zero-order valence-electron chi connectivity index (χ0n) is 9.06. The summed E-state index contributed by atoms with van der Waals surface area (Å²) in [5.74, 6) is 0.804. The van der Waals surface area contributed by atoms with Crippen molar-refractivity contribution in [1.82, 2.24) is 4.90 Å². The quantitative estimate of drug-likeness (QED) is 0.808. The third-order valence-electron chi connectivity index (χ3n) is 2.90. The fraction of sp³-hybridized carbons (Fsp3) is 0.636. The van der Waals surface area contributed by atoms with Crippen LogP contribution in [0, 0.1) is 0 Å². The van der Waals surface area contributed by atoms with Gasteiger partial charge in [0.15, 0.2) is 0 Å². The predicted molar refractivity (Wildman–Crippen MR) is 57.5 cm³/mol. The molecule has 2 heterocycles. The molecule has 84 valence electrons. The molecule has 0 aromatic carbocycles. The monoisotopic (exact) mass is 210 g/mol. The van der Waals surface area contributed by atoms with E-state index in [9.17, 15) is 0 Å². The van der Waals surface area contributed by atoms with Crippen molar-refractivity contribution in [1.29, 1.82) is 0 Å². The van der Waals surface area contributed by atoms with Crippen molar-refractivity contribution in [2.24, 2.45) is 5.73 Å². The first kappa shape index (κ1) is 10.7. The zero-order valence-corrected chi connectivity index (χ0v) is 9.06. The van der Waals surface area contributed by atoms with Gasteiger partial charge in [-0.25, -0.2) is 0 Å². The Hall–Kier alpha value is -0.840.